The molecule has 1 heterocycles. The molecule has 0 atom stereocenters. The van der Waals surface area contributed by atoms with E-state index in [9.17, 15) is 4.79 Å². The van der Waals surface area contributed by atoms with Gasteiger partial charge in [-0.3, -0.25) is 4.79 Å². The van der Waals surface area contributed by atoms with Crippen LogP contribution in [0.25, 0.3) is 0 Å². The van der Waals surface area contributed by atoms with Crippen molar-refractivity contribution in [3.05, 3.63) is 22.6 Å². The van der Waals surface area contributed by atoms with E-state index in [1.165, 1.54) is 31.9 Å². The second-order valence-electron chi connectivity index (χ2n) is 4.78. The van der Waals surface area contributed by atoms with E-state index in [4.69, 9.17) is 4.42 Å². The first-order valence-corrected chi connectivity index (χ1v) is 7.19. The van der Waals surface area contributed by atoms with Gasteiger partial charge in [-0.25, -0.2) is 0 Å². The summed E-state index contributed by atoms with van der Waals surface area (Å²) in [4.78, 5) is 14.2. The number of furan rings is 1. The van der Waals surface area contributed by atoms with Gasteiger partial charge in [-0.05, 0) is 41.9 Å². The van der Waals surface area contributed by atoms with E-state index < -0.39 is 0 Å². The first kappa shape index (κ1) is 13.6. The molecule has 0 saturated heterocycles. The normalized spacial score (nSPS) is 16.4. The third-order valence-electron chi connectivity index (χ3n) is 3.56. The summed E-state index contributed by atoms with van der Waals surface area (Å²) in [7, 11) is 2.13. The molecule has 1 aromatic rings. The molecular formula is C13H19BrN2O2. The Kier molecular flexibility index (Phi) is 4.83. The van der Waals surface area contributed by atoms with Crippen molar-refractivity contribution >= 4 is 21.8 Å². The summed E-state index contributed by atoms with van der Waals surface area (Å²) < 4.78 is 5.53. The van der Waals surface area contributed by atoms with E-state index in [0.717, 1.165) is 6.54 Å². The van der Waals surface area contributed by atoms with Crippen molar-refractivity contribution in [2.24, 2.45) is 0 Å². The van der Waals surface area contributed by atoms with Gasteiger partial charge in [-0.2, -0.15) is 0 Å². The largest absolute Gasteiger partial charge is 0.457 e. The van der Waals surface area contributed by atoms with E-state index in [1.54, 1.807) is 6.07 Å². The fourth-order valence-electron chi connectivity index (χ4n) is 2.42. The van der Waals surface area contributed by atoms with Crippen molar-refractivity contribution in [1.29, 1.82) is 0 Å². The van der Waals surface area contributed by atoms with Crippen molar-refractivity contribution in [3.8, 4) is 0 Å². The lowest BCUT2D eigenvalue weighted by Gasteiger charge is -2.23. The van der Waals surface area contributed by atoms with Crippen molar-refractivity contribution in [3.63, 3.8) is 0 Å². The van der Waals surface area contributed by atoms with Gasteiger partial charge >= 0.3 is 0 Å². The van der Waals surface area contributed by atoms with Crippen LogP contribution in [0.5, 0.6) is 0 Å². The SMILES string of the molecule is CN(CCNC(=O)c1ccoc1Br)C1CCCC1. The van der Waals surface area contributed by atoms with Gasteiger partial charge in [0.15, 0.2) is 4.67 Å². The van der Waals surface area contributed by atoms with Gasteiger partial charge < -0.3 is 14.6 Å². The summed E-state index contributed by atoms with van der Waals surface area (Å²) >= 11 is 3.20. The van der Waals surface area contributed by atoms with Crippen LogP contribution in [0.15, 0.2) is 21.4 Å². The van der Waals surface area contributed by atoms with Crippen LogP contribution in [0, 0.1) is 0 Å². The topological polar surface area (TPSA) is 45.5 Å². The molecule has 0 aromatic carbocycles. The fourth-order valence-corrected chi connectivity index (χ4v) is 2.84. The number of hydrogen-bond acceptors (Lipinski definition) is 3. The van der Waals surface area contributed by atoms with E-state index in [1.807, 2.05) is 0 Å². The zero-order valence-corrected chi connectivity index (χ0v) is 12.2. The highest BCUT2D eigenvalue weighted by atomic mass is 79.9. The summed E-state index contributed by atoms with van der Waals surface area (Å²) in [6.07, 6.45) is 6.76. The minimum absolute atomic E-state index is 0.0875. The van der Waals surface area contributed by atoms with Crippen molar-refractivity contribution in [2.75, 3.05) is 20.1 Å². The van der Waals surface area contributed by atoms with E-state index in [2.05, 4.69) is 33.2 Å². The Bertz CT molecular complexity index is 399. The average molecular weight is 315 g/mol. The molecule has 0 spiro atoms. The minimum atomic E-state index is -0.0875. The molecule has 4 nitrogen and oxygen atoms in total. The summed E-state index contributed by atoms with van der Waals surface area (Å²) in [5.74, 6) is -0.0875. The van der Waals surface area contributed by atoms with Gasteiger partial charge in [0.1, 0.15) is 0 Å². The molecule has 1 amide bonds. The maximum absolute atomic E-state index is 11.8. The Morgan fingerprint density at radius 1 is 1.56 bits per heavy atom. The lowest BCUT2D eigenvalue weighted by molar-refractivity contribution is 0.0945. The Balaban J connectivity index is 1.72. The maximum Gasteiger partial charge on any atom is 0.255 e. The van der Waals surface area contributed by atoms with Crippen LogP contribution in [0.1, 0.15) is 36.0 Å². The van der Waals surface area contributed by atoms with Crippen LogP contribution in [-0.2, 0) is 0 Å². The zero-order valence-electron chi connectivity index (χ0n) is 10.6. The number of amides is 1. The number of hydrogen-bond donors (Lipinski definition) is 1. The van der Waals surface area contributed by atoms with Crippen LogP contribution in [0.4, 0.5) is 0 Å². The molecular weight excluding hydrogens is 296 g/mol. The third kappa shape index (κ3) is 3.36. The molecule has 0 aliphatic heterocycles. The molecule has 0 bridgehead atoms. The lowest BCUT2D eigenvalue weighted by atomic mass is 10.2. The van der Waals surface area contributed by atoms with Gasteiger partial charge in [-0.15, -0.1) is 0 Å². The molecule has 5 heteroatoms. The molecule has 1 saturated carbocycles. The highest BCUT2D eigenvalue weighted by Gasteiger charge is 2.19. The highest BCUT2D eigenvalue weighted by molar-refractivity contribution is 9.10. The number of likely N-dealkylation sites (N-methyl/N-ethyl adjacent to an activating group) is 1. The summed E-state index contributed by atoms with van der Waals surface area (Å²) in [6.45, 7) is 1.56. The maximum atomic E-state index is 11.8. The van der Waals surface area contributed by atoms with Gasteiger partial charge in [0.2, 0.25) is 0 Å². The van der Waals surface area contributed by atoms with E-state index in [-0.39, 0.29) is 5.91 Å². The van der Waals surface area contributed by atoms with Crippen molar-refractivity contribution in [2.45, 2.75) is 31.7 Å². The van der Waals surface area contributed by atoms with Crippen LogP contribution in [0.2, 0.25) is 0 Å². The summed E-state index contributed by atoms with van der Waals surface area (Å²) in [5, 5.41) is 2.91. The molecule has 1 aromatic heterocycles. The molecule has 1 N–H and O–H groups in total. The first-order valence-electron chi connectivity index (χ1n) is 6.40. The molecule has 18 heavy (non-hydrogen) atoms. The molecule has 0 radical (unpaired) electrons. The second kappa shape index (κ2) is 6.38. The van der Waals surface area contributed by atoms with Crippen molar-refractivity contribution in [1.82, 2.24) is 10.2 Å². The van der Waals surface area contributed by atoms with Gasteiger partial charge in [0, 0.05) is 19.1 Å². The lowest BCUT2D eigenvalue weighted by Crippen LogP contribution is -2.37. The number of halogens is 1. The van der Waals surface area contributed by atoms with Crippen LogP contribution in [0.3, 0.4) is 0 Å². The third-order valence-corrected chi connectivity index (χ3v) is 4.17. The standard InChI is InChI=1S/C13H19BrN2O2/c1-16(10-4-2-3-5-10)8-7-15-13(17)11-6-9-18-12(11)14/h6,9-10H,2-5,7-8H2,1H3,(H,15,17). The number of nitrogens with zero attached hydrogens (tertiary/aromatic N) is 1. The Hall–Kier alpha value is -0.810. The molecule has 1 fully saturated rings. The molecule has 100 valence electrons. The van der Waals surface area contributed by atoms with E-state index in [0.29, 0.717) is 22.8 Å². The zero-order chi connectivity index (χ0) is 13.0. The summed E-state index contributed by atoms with van der Waals surface area (Å²) in [5.41, 5.74) is 0.554. The highest BCUT2D eigenvalue weighted by Crippen LogP contribution is 2.22. The first-order chi connectivity index (χ1) is 8.68. The number of rotatable bonds is 5. The van der Waals surface area contributed by atoms with Crippen LogP contribution < -0.4 is 5.32 Å². The quantitative estimate of drug-likeness (QED) is 0.908. The van der Waals surface area contributed by atoms with E-state index >= 15 is 0 Å². The average Bonchev–Trinajstić information content (AvgIpc) is 2.99. The van der Waals surface area contributed by atoms with Crippen LogP contribution >= 0.6 is 15.9 Å². The van der Waals surface area contributed by atoms with Gasteiger partial charge in [0.25, 0.3) is 5.91 Å². The Morgan fingerprint density at radius 3 is 2.89 bits per heavy atom. The fraction of sp³-hybridized carbons (Fsp3) is 0.615. The number of nitrogens with one attached hydrogen (secondary N) is 1. The van der Waals surface area contributed by atoms with Crippen LogP contribution in [-0.4, -0.2) is 37.0 Å². The van der Waals surface area contributed by atoms with Gasteiger partial charge in [-0.1, -0.05) is 12.8 Å². The smallest absolute Gasteiger partial charge is 0.255 e. The number of carbonyl (C=O) groups excluding carboxylic acids is 1. The molecule has 1 aliphatic rings. The number of carbonyl (C=O) groups is 1. The molecule has 2 rings (SSSR count). The second-order valence-corrected chi connectivity index (χ2v) is 5.50. The Labute approximate surface area is 116 Å². The molecule has 0 unspecified atom stereocenters. The monoisotopic (exact) mass is 314 g/mol. The Morgan fingerprint density at radius 2 is 2.28 bits per heavy atom. The van der Waals surface area contributed by atoms with Crippen molar-refractivity contribution < 1.29 is 9.21 Å². The predicted molar refractivity (Wildman–Crippen MR) is 73.6 cm³/mol. The molecule has 1 aliphatic carbocycles. The van der Waals surface area contributed by atoms with Gasteiger partial charge in [0.05, 0.1) is 11.8 Å². The predicted octanol–water partition coefficient (Wildman–Crippen LogP) is 2.65. The minimum Gasteiger partial charge on any atom is -0.457 e. The summed E-state index contributed by atoms with van der Waals surface area (Å²) in [6, 6.07) is 2.36.